The van der Waals surface area contributed by atoms with E-state index in [0.717, 1.165) is 33.3 Å². The number of unbranched alkanes of at least 4 members (excludes halogenated alkanes) is 1. The average Bonchev–Trinajstić information content (AvgIpc) is 2.96. The molecule has 1 saturated heterocycles. The number of hydrogen-bond acceptors (Lipinski definition) is 4. The number of rotatable bonds is 8. The van der Waals surface area contributed by atoms with Gasteiger partial charge in [0.2, 0.25) is 0 Å². The van der Waals surface area contributed by atoms with Gasteiger partial charge in [0.1, 0.15) is 0 Å². The summed E-state index contributed by atoms with van der Waals surface area (Å²) >= 11 is 6.41. The minimum atomic E-state index is 0. The van der Waals surface area contributed by atoms with Gasteiger partial charge in [-0.15, -0.1) is 0 Å². The molecule has 0 N–H and O–H groups in total. The number of nitrogens with zero attached hydrogens (tertiary/aromatic N) is 5. The van der Waals surface area contributed by atoms with Gasteiger partial charge in [0, 0.05) is 37.3 Å². The summed E-state index contributed by atoms with van der Waals surface area (Å²) in [5.74, 6) is 0.657. The van der Waals surface area contributed by atoms with Crippen molar-refractivity contribution in [3.63, 3.8) is 0 Å². The van der Waals surface area contributed by atoms with Crippen LogP contribution < -0.4 is 29.6 Å². The summed E-state index contributed by atoms with van der Waals surface area (Å²) in [6.07, 6.45) is 9.00. The van der Waals surface area contributed by atoms with E-state index in [1.165, 1.54) is 51.1 Å². The largest absolute Gasteiger partial charge is 1.00 e. The van der Waals surface area contributed by atoms with E-state index in [4.69, 9.17) is 16.6 Å². The Bertz CT molecular complexity index is 1220. The fraction of sp³-hybridized carbons (Fsp3) is 0.375. The van der Waals surface area contributed by atoms with Crippen molar-refractivity contribution in [2.24, 2.45) is 0 Å². The van der Waals surface area contributed by atoms with Gasteiger partial charge in [0.25, 0.3) is 0 Å². The van der Waals surface area contributed by atoms with E-state index in [2.05, 4.69) is 53.8 Å². The Labute approximate surface area is 263 Å². The molecule has 0 amide bonds. The number of pyridine rings is 2. The molecule has 1 aliphatic heterocycles. The first-order valence-corrected chi connectivity index (χ1v) is 13.8. The number of piperazine rings is 1. The second-order valence-corrected chi connectivity index (χ2v) is 9.40. The molecule has 0 unspecified atom stereocenters. The van der Waals surface area contributed by atoms with Gasteiger partial charge >= 0.3 is 29.6 Å². The molecular formula is C32H43ClN5Na. The topological polar surface area (TPSA) is 46.4 Å². The monoisotopic (exact) mass is 555 g/mol. The van der Waals surface area contributed by atoms with Crippen molar-refractivity contribution in [3.05, 3.63) is 83.4 Å². The van der Waals surface area contributed by atoms with Crippen molar-refractivity contribution in [1.82, 2.24) is 19.8 Å². The third kappa shape index (κ3) is 10.1. The third-order valence-electron chi connectivity index (χ3n) is 6.41. The SMILES string of the molecule is C=C(CCCC)N1CCN(C)CC1.C=Cc1ccc2c(Cl)cc(-c3cnc([N-]C)c(C=C)c3)nc2c1.CC.[Na+]. The molecule has 1 fully saturated rings. The zero-order chi connectivity index (χ0) is 28.1. The van der Waals surface area contributed by atoms with Crippen molar-refractivity contribution < 1.29 is 29.6 Å². The number of allylic oxidation sites excluding steroid dienone is 1. The van der Waals surface area contributed by atoms with Crippen LogP contribution in [0.5, 0.6) is 0 Å². The standard InChI is InChI=1S/C19H15ClN3.C11H22N2.C2H6.Na/c1-4-12-6-7-15-16(20)10-17(23-18(15)8-12)14-9-13(5-2)19(21-3)22-11-14;1-4-5-6-11(2)13-9-7-12(3)8-10-13;1-2;/h4-11H,1-2H2,3H3;2,4-10H2,1,3H3;1-2H3;/q-1;;;+1. The molecule has 4 rings (SSSR count). The minimum absolute atomic E-state index is 0. The molecule has 5 nitrogen and oxygen atoms in total. The summed E-state index contributed by atoms with van der Waals surface area (Å²) in [4.78, 5) is 13.9. The van der Waals surface area contributed by atoms with Crippen LogP contribution in [-0.2, 0) is 0 Å². The van der Waals surface area contributed by atoms with Crippen molar-refractivity contribution in [1.29, 1.82) is 0 Å². The van der Waals surface area contributed by atoms with E-state index in [9.17, 15) is 0 Å². The Hall–Kier alpha value is -2.15. The number of likely N-dealkylation sites (N-methyl/N-ethyl adjacent to an activating group) is 1. The Balaban J connectivity index is 0.000000407. The van der Waals surface area contributed by atoms with Gasteiger partial charge < -0.3 is 20.1 Å². The quantitative estimate of drug-likeness (QED) is 0.328. The molecule has 3 aromatic rings. The maximum atomic E-state index is 6.41. The van der Waals surface area contributed by atoms with Gasteiger partial charge in [-0.1, -0.05) is 102 Å². The number of hydrogen-bond donors (Lipinski definition) is 0. The molecule has 1 aromatic carbocycles. The summed E-state index contributed by atoms with van der Waals surface area (Å²) in [5, 5.41) is 5.70. The van der Waals surface area contributed by atoms with E-state index >= 15 is 0 Å². The summed E-state index contributed by atoms with van der Waals surface area (Å²) in [6, 6.07) is 9.71. The fourth-order valence-corrected chi connectivity index (χ4v) is 4.35. The Morgan fingerprint density at radius 1 is 1.08 bits per heavy atom. The molecule has 3 heterocycles. The molecule has 0 aliphatic carbocycles. The van der Waals surface area contributed by atoms with Crippen LogP contribution >= 0.6 is 11.6 Å². The summed E-state index contributed by atoms with van der Waals surface area (Å²) in [6.45, 7) is 22.7. The molecule has 0 bridgehead atoms. The van der Waals surface area contributed by atoms with Crippen molar-refractivity contribution in [3.8, 4) is 11.3 Å². The maximum absolute atomic E-state index is 6.41. The molecule has 7 heteroatoms. The summed E-state index contributed by atoms with van der Waals surface area (Å²) < 4.78 is 0. The average molecular weight is 556 g/mol. The fourth-order valence-electron chi connectivity index (χ4n) is 4.09. The zero-order valence-corrected chi connectivity index (χ0v) is 27.6. The van der Waals surface area contributed by atoms with Crippen molar-refractivity contribution in [2.45, 2.75) is 40.0 Å². The molecule has 39 heavy (non-hydrogen) atoms. The predicted molar refractivity (Wildman–Crippen MR) is 168 cm³/mol. The molecular weight excluding hydrogens is 513 g/mol. The first-order valence-electron chi connectivity index (χ1n) is 13.5. The van der Waals surface area contributed by atoms with Gasteiger partial charge in [-0.05, 0) is 54.8 Å². The predicted octanol–water partition coefficient (Wildman–Crippen LogP) is 5.84. The molecule has 204 valence electrons. The Morgan fingerprint density at radius 3 is 2.36 bits per heavy atom. The van der Waals surface area contributed by atoms with E-state index in [-0.39, 0.29) is 29.6 Å². The first-order chi connectivity index (χ1) is 18.4. The maximum Gasteiger partial charge on any atom is 1.00 e. The van der Waals surface area contributed by atoms with Crippen LogP contribution in [0.3, 0.4) is 0 Å². The summed E-state index contributed by atoms with van der Waals surface area (Å²) in [7, 11) is 3.89. The molecule has 0 spiro atoms. The van der Waals surface area contributed by atoms with Crippen LogP contribution in [0.1, 0.15) is 51.2 Å². The Morgan fingerprint density at radius 2 is 1.77 bits per heavy atom. The van der Waals surface area contributed by atoms with Crippen LogP contribution in [0.4, 0.5) is 5.82 Å². The van der Waals surface area contributed by atoms with Crippen LogP contribution in [0.25, 0.3) is 39.6 Å². The van der Waals surface area contributed by atoms with Crippen LogP contribution in [0, 0.1) is 0 Å². The van der Waals surface area contributed by atoms with Crippen LogP contribution in [0.2, 0.25) is 5.02 Å². The van der Waals surface area contributed by atoms with Gasteiger partial charge in [0.05, 0.1) is 16.2 Å². The second-order valence-electron chi connectivity index (χ2n) is 8.99. The van der Waals surface area contributed by atoms with E-state index < -0.39 is 0 Å². The van der Waals surface area contributed by atoms with Gasteiger partial charge in [-0.25, -0.2) is 4.98 Å². The number of fused-ring (bicyclic) bond motifs is 1. The number of aromatic nitrogens is 2. The van der Waals surface area contributed by atoms with E-state index in [0.29, 0.717) is 10.8 Å². The van der Waals surface area contributed by atoms with Gasteiger partial charge in [-0.2, -0.15) is 0 Å². The second kappa shape index (κ2) is 18.2. The third-order valence-corrected chi connectivity index (χ3v) is 6.72. The summed E-state index contributed by atoms with van der Waals surface area (Å²) in [5.41, 5.74) is 5.68. The zero-order valence-electron chi connectivity index (χ0n) is 24.8. The molecule has 0 atom stereocenters. The van der Waals surface area contributed by atoms with Gasteiger partial charge in [-0.3, -0.25) is 0 Å². The van der Waals surface area contributed by atoms with E-state index in [1.54, 1.807) is 25.4 Å². The Kier molecular flexibility index (Phi) is 16.3. The molecule has 0 saturated carbocycles. The minimum Gasteiger partial charge on any atom is -0.468 e. The molecule has 2 aromatic heterocycles. The normalized spacial score (nSPS) is 12.7. The number of halogens is 1. The number of benzene rings is 1. The van der Waals surface area contributed by atoms with E-state index in [1.807, 2.05) is 44.2 Å². The molecule has 0 radical (unpaired) electrons. The van der Waals surface area contributed by atoms with Crippen molar-refractivity contribution in [2.75, 3.05) is 40.3 Å². The van der Waals surface area contributed by atoms with Crippen LogP contribution in [-0.4, -0.2) is 60.0 Å². The van der Waals surface area contributed by atoms with Crippen molar-refractivity contribution >= 4 is 40.5 Å². The first kappa shape index (κ1) is 34.9. The smallest absolute Gasteiger partial charge is 0.468 e. The molecule has 1 aliphatic rings. The van der Waals surface area contributed by atoms with Crippen LogP contribution in [0.15, 0.2) is 62.0 Å². The van der Waals surface area contributed by atoms with Gasteiger partial charge in [0.15, 0.2) is 0 Å².